The second-order valence-electron chi connectivity index (χ2n) is 38.1. The van der Waals surface area contributed by atoms with E-state index in [1.165, 1.54) is 71.6 Å². The van der Waals surface area contributed by atoms with E-state index in [2.05, 4.69) is 449 Å². The van der Waals surface area contributed by atoms with Crippen LogP contribution < -0.4 is 9.80 Å². The van der Waals surface area contributed by atoms with E-state index in [4.69, 9.17) is 0 Å². The maximum Gasteiger partial charge on any atom is 0.0618 e. The third-order valence-electron chi connectivity index (χ3n) is 22.7. The summed E-state index contributed by atoms with van der Waals surface area (Å²) in [6.45, 7) is 49.8. The molecule has 0 atom stereocenters. The summed E-state index contributed by atoms with van der Waals surface area (Å²) < 4.78 is 4.96. The lowest BCUT2D eigenvalue weighted by Crippen LogP contribution is -2.21. The fourth-order valence-electron chi connectivity index (χ4n) is 16.1. The number of fused-ring (bicyclic) bond motifs is 6. The van der Waals surface area contributed by atoms with Crippen LogP contribution in [0.25, 0.3) is 99.5 Å². The van der Waals surface area contributed by atoms with Gasteiger partial charge in [-0.3, -0.25) is 0 Å². The number of para-hydroxylation sites is 4. The van der Waals surface area contributed by atoms with Crippen LogP contribution in [-0.2, 0) is 37.9 Å². The Bertz CT molecular complexity index is 5470. The topological polar surface area (TPSA) is 16.3 Å². The summed E-state index contributed by atoms with van der Waals surface area (Å²) in [6.07, 6.45) is 0. The molecule has 0 N–H and O–H groups in total. The maximum atomic E-state index is 2.66. The first kappa shape index (κ1) is 74.5. The smallest absolute Gasteiger partial charge is 0.0618 e. The largest absolute Gasteiger partial charge is 0.309 e. The summed E-state index contributed by atoms with van der Waals surface area (Å²) in [4.78, 5) is 5.33. The van der Waals surface area contributed by atoms with Crippen LogP contribution in [0.4, 0.5) is 34.1 Å². The molecule has 0 aliphatic carbocycles. The van der Waals surface area contributed by atoms with Crippen molar-refractivity contribution in [1.82, 2.24) is 9.13 Å². The molecule has 0 amide bonds. The zero-order valence-corrected chi connectivity index (χ0v) is 68.9. The Kier molecular flexibility index (Phi) is 18.7. The van der Waals surface area contributed by atoms with Crippen LogP contribution in [0, 0.1) is 0 Å². The van der Waals surface area contributed by atoms with Gasteiger partial charge in [-0.2, -0.15) is 0 Å². The molecular formula is C106H110N4. The minimum absolute atomic E-state index is 0.167. The predicted molar refractivity (Wildman–Crippen MR) is 477 cm³/mol. The van der Waals surface area contributed by atoms with Gasteiger partial charge in [0, 0.05) is 77.9 Å². The lowest BCUT2D eigenvalue weighted by molar-refractivity contribution is 0.568. The highest BCUT2D eigenvalue weighted by Crippen LogP contribution is 2.56. The Morgan fingerprint density at radius 1 is 0.191 bits per heavy atom. The van der Waals surface area contributed by atoms with Crippen molar-refractivity contribution in [3.63, 3.8) is 0 Å². The average molecular weight is 1440 g/mol. The molecule has 0 fully saturated rings. The molecule has 2 aromatic heterocycles. The van der Waals surface area contributed by atoms with Gasteiger partial charge in [0.1, 0.15) is 0 Å². The molecule has 0 bridgehead atoms. The highest BCUT2D eigenvalue weighted by Gasteiger charge is 2.34. The summed E-state index contributed by atoms with van der Waals surface area (Å²) in [6, 6.07) is 110. The third-order valence-corrected chi connectivity index (χ3v) is 22.7. The van der Waals surface area contributed by atoms with Gasteiger partial charge in [-0.15, -0.1) is 0 Å². The van der Waals surface area contributed by atoms with Gasteiger partial charge < -0.3 is 18.9 Å². The molecule has 15 rings (SSSR count). The van der Waals surface area contributed by atoms with E-state index in [0.717, 1.165) is 101 Å². The number of rotatable bonds is 12. The van der Waals surface area contributed by atoms with E-state index < -0.39 is 0 Å². The van der Waals surface area contributed by atoms with Crippen LogP contribution in [0.15, 0.2) is 285 Å². The van der Waals surface area contributed by atoms with Crippen LogP contribution in [-0.4, -0.2) is 9.13 Å². The second-order valence-corrected chi connectivity index (χ2v) is 38.1. The first-order chi connectivity index (χ1) is 52.0. The van der Waals surface area contributed by atoms with Gasteiger partial charge in [0.2, 0.25) is 0 Å². The SMILES string of the molecule is CC(C)(C)c1cc(N(c2cccc(-n3c4ccccc4c4ccccc43)c2)c2c(-c3ccccc3)cc(C(C)(C)C)cc2-c2cc(C(C)(C)C)cc(C(C)(C)C)c2)cc(N(c2cccc(-n3c4ccccc4c4ccccc43)c2)c2c(-c3ccccc3)cc(C(C)(C)C)cc2-c2cc(C(C)(C)C)cc(C(C)(C)C)c2)c1. The zero-order chi connectivity index (χ0) is 77.9. The molecule has 0 aliphatic heterocycles. The van der Waals surface area contributed by atoms with Crippen molar-refractivity contribution < 1.29 is 0 Å². The summed E-state index contributed by atoms with van der Waals surface area (Å²) >= 11 is 0. The molecule has 0 saturated heterocycles. The van der Waals surface area contributed by atoms with Gasteiger partial charge in [-0.05, 0) is 202 Å². The van der Waals surface area contributed by atoms with Crippen molar-refractivity contribution in [2.75, 3.05) is 9.80 Å². The molecule has 13 aromatic carbocycles. The quantitative estimate of drug-likeness (QED) is 0.121. The first-order valence-corrected chi connectivity index (χ1v) is 39.7. The molecular weight excluding hydrogens is 1330 g/mol. The summed E-state index contributed by atoms with van der Waals surface area (Å²) in [5, 5.41) is 4.89. The van der Waals surface area contributed by atoms with E-state index in [9.17, 15) is 0 Å². The van der Waals surface area contributed by atoms with E-state index in [0.29, 0.717) is 0 Å². The van der Waals surface area contributed by atoms with Gasteiger partial charge in [0.15, 0.2) is 0 Å². The lowest BCUT2D eigenvalue weighted by atomic mass is 9.77. The lowest BCUT2D eigenvalue weighted by Gasteiger charge is -2.37. The Morgan fingerprint density at radius 3 is 0.718 bits per heavy atom. The van der Waals surface area contributed by atoms with Crippen LogP contribution in [0.2, 0.25) is 0 Å². The number of hydrogen-bond acceptors (Lipinski definition) is 2. The number of benzene rings is 13. The molecule has 0 unspecified atom stereocenters. The van der Waals surface area contributed by atoms with Gasteiger partial charge in [-0.25, -0.2) is 0 Å². The molecule has 554 valence electrons. The van der Waals surface area contributed by atoms with Crippen molar-refractivity contribution in [2.24, 2.45) is 0 Å². The fourth-order valence-corrected chi connectivity index (χ4v) is 16.1. The Balaban J connectivity index is 1.15. The minimum atomic E-state index is -0.384. The molecule has 110 heavy (non-hydrogen) atoms. The number of hydrogen-bond donors (Lipinski definition) is 0. The number of aromatic nitrogens is 2. The Morgan fingerprint density at radius 2 is 0.436 bits per heavy atom. The van der Waals surface area contributed by atoms with Gasteiger partial charge in [0.25, 0.3) is 0 Å². The fraction of sp³-hybridized carbons (Fsp3) is 0.264. The van der Waals surface area contributed by atoms with Crippen molar-refractivity contribution >= 4 is 77.7 Å². The molecule has 2 heterocycles. The Hall–Kier alpha value is -10.9. The van der Waals surface area contributed by atoms with Crippen molar-refractivity contribution in [2.45, 2.75) is 183 Å². The summed E-state index contributed by atoms with van der Waals surface area (Å²) in [5.74, 6) is 0. The van der Waals surface area contributed by atoms with Crippen LogP contribution in [0.5, 0.6) is 0 Å². The van der Waals surface area contributed by atoms with Crippen LogP contribution in [0.1, 0.15) is 184 Å². The molecule has 0 aliphatic rings. The average Bonchev–Trinajstić information content (AvgIpc) is 0.889. The minimum Gasteiger partial charge on any atom is -0.309 e. The maximum absolute atomic E-state index is 2.66. The molecule has 4 heteroatoms. The second kappa shape index (κ2) is 27.6. The Labute approximate surface area is 655 Å². The zero-order valence-electron chi connectivity index (χ0n) is 68.9. The number of nitrogens with zero attached hydrogens (tertiary/aromatic N) is 4. The third kappa shape index (κ3) is 14.2. The van der Waals surface area contributed by atoms with E-state index in [1.54, 1.807) is 0 Å². The monoisotopic (exact) mass is 1440 g/mol. The van der Waals surface area contributed by atoms with E-state index in [1.807, 2.05) is 0 Å². The normalized spacial score (nSPS) is 12.8. The van der Waals surface area contributed by atoms with Crippen molar-refractivity contribution in [3.05, 3.63) is 324 Å². The van der Waals surface area contributed by atoms with Crippen LogP contribution >= 0.6 is 0 Å². The van der Waals surface area contributed by atoms with E-state index >= 15 is 0 Å². The van der Waals surface area contributed by atoms with Crippen molar-refractivity contribution in [1.29, 1.82) is 0 Å². The summed E-state index contributed by atoms with van der Waals surface area (Å²) in [5.41, 5.74) is 29.7. The highest BCUT2D eigenvalue weighted by atomic mass is 15.2. The molecule has 4 nitrogen and oxygen atoms in total. The van der Waals surface area contributed by atoms with Gasteiger partial charge in [0.05, 0.1) is 33.4 Å². The molecule has 15 aromatic rings. The standard InChI is InChI=1S/C106H110N4/c1-100(2,3)73-54-71(55-74(58-73)101(4,5)6)92-64-78(105(16,17)18)62-90(69-38-24-22-25-39-69)98(92)107(80-42-36-44-82(66-80)109-94-50-32-28-46-86(94)87-47-29-33-51-95(87)109)84-60-77(104(13,14)15)61-85(68-84)108(81-43-37-45-83(67-81)110-96-52-34-30-48-88(96)89-49-31-35-53-97(89)110)99-91(70-40-26-23-27-41-70)63-79(106(19,20)21)65-93(99)72-56-75(102(7,8)9)59-76(57-72)103(10,11)12/h22-68H,1-21H3. The molecule has 0 spiro atoms. The van der Waals surface area contributed by atoms with E-state index in [-0.39, 0.29) is 37.9 Å². The molecule has 0 saturated carbocycles. The van der Waals surface area contributed by atoms with Gasteiger partial charge >= 0.3 is 0 Å². The summed E-state index contributed by atoms with van der Waals surface area (Å²) in [7, 11) is 0. The predicted octanol–water partition coefficient (Wildman–Crippen LogP) is 30.6. The van der Waals surface area contributed by atoms with Crippen LogP contribution in [0.3, 0.4) is 0 Å². The first-order valence-electron chi connectivity index (χ1n) is 39.7. The number of anilines is 6. The highest BCUT2D eigenvalue weighted by molar-refractivity contribution is 6.11. The van der Waals surface area contributed by atoms with Crippen molar-refractivity contribution in [3.8, 4) is 55.9 Å². The molecule has 0 radical (unpaired) electrons. The van der Waals surface area contributed by atoms with Gasteiger partial charge in [-0.1, -0.05) is 327 Å².